The molecule has 2 aromatic carbocycles. The van der Waals surface area contributed by atoms with Gasteiger partial charge in [0.25, 0.3) is 0 Å². The van der Waals surface area contributed by atoms with Gasteiger partial charge in [-0.25, -0.2) is 4.79 Å². The monoisotopic (exact) mass is 870 g/mol. The highest BCUT2D eigenvalue weighted by atomic mass is 35.5. The third-order valence-electron chi connectivity index (χ3n) is 11.3. The Morgan fingerprint density at radius 3 is 2.43 bits per heavy atom. The van der Waals surface area contributed by atoms with Gasteiger partial charge in [0, 0.05) is 37.7 Å². The highest BCUT2D eigenvalue weighted by Gasteiger charge is 2.65. The molecule has 5 rings (SSSR count). The highest BCUT2D eigenvalue weighted by molar-refractivity contribution is 6.18. The number of carbonyl (C=O) groups is 2. The largest absolute Gasteiger partial charge is 0.496 e. The van der Waals surface area contributed by atoms with E-state index >= 15 is 0 Å². The Balaban J connectivity index is 1.79. The summed E-state index contributed by atoms with van der Waals surface area (Å²) >= 11 is 6.02. The van der Waals surface area contributed by atoms with Gasteiger partial charge in [-0.1, -0.05) is 30.1 Å². The maximum atomic E-state index is 14.2. The number of allylic oxidation sites excluding steroid dienone is 1. The minimum atomic E-state index is -1.53. The number of aliphatic hydroxyl groups is 3. The van der Waals surface area contributed by atoms with Crippen molar-refractivity contribution in [2.75, 3.05) is 65.8 Å². The van der Waals surface area contributed by atoms with E-state index in [1.807, 2.05) is 32.9 Å². The zero-order chi connectivity index (χ0) is 44.0. The van der Waals surface area contributed by atoms with Crippen molar-refractivity contribution in [2.45, 2.75) is 89.1 Å². The van der Waals surface area contributed by atoms with Gasteiger partial charge in [-0.2, -0.15) is 0 Å². The summed E-state index contributed by atoms with van der Waals surface area (Å²) in [5, 5.41) is 34.2. The molecule has 15 heteroatoms. The first kappa shape index (κ1) is 47.9. The highest BCUT2D eigenvalue weighted by Crippen LogP contribution is 2.62. The van der Waals surface area contributed by atoms with Gasteiger partial charge in [0.05, 0.1) is 56.6 Å². The average molecular weight is 871 g/mol. The van der Waals surface area contributed by atoms with E-state index in [-0.39, 0.29) is 82.8 Å². The Hall–Kier alpha value is -4.18. The SMILES string of the molecule is C=CCOC12Oc3ccc(Oc4ccc(OC)c(C=O)c4)cc3C3C(CCCCO)C(CCCCO)C=C(C(=NOC(C)(C)C)CC1N(CCOCCO)C(=O)OCCCl)C32. The van der Waals surface area contributed by atoms with Crippen molar-refractivity contribution in [3.05, 3.63) is 71.8 Å². The molecule has 1 amide bonds. The molecule has 3 N–H and O–H groups in total. The third-order valence-corrected chi connectivity index (χ3v) is 11.4. The van der Waals surface area contributed by atoms with Gasteiger partial charge < -0.3 is 48.6 Å². The molecule has 0 bridgehead atoms. The summed E-state index contributed by atoms with van der Waals surface area (Å²) in [6.45, 7) is 9.92. The molecule has 3 aliphatic rings. The number of alkyl halides is 1. The fraction of sp³-hybridized carbons (Fsp3) is 0.587. The molecule has 0 saturated heterocycles. The normalized spacial score (nSPS) is 23.5. The number of oxime groups is 1. The number of fused-ring (bicyclic) bond motifs is 2. The van der Waals surface area contributed by atoms with Gasteiger partial charge in [0.1, 0.15) is 41.2 Å². The van der Waals surface area contributed by atoms with Gasteiger partial charge >= 0.3 is 6.09 Å². The zero-order valence-electron chi connectivity index (χ0n) is 35.9. The van der Waals surface area contributed by atoms with E-state index in [0.29, 0.717) is 53.4 Å². The molecule has 1 fully saturated rings. The maximum Gasteiger partial charge on any atom is 0.410 e. The molecule has 14 nitrogen and oxygen atoms in total. The summed E-state index contributed by atoms with van der Waals surface area (Å²) in [7, 11) is 1.50. The lowest BCUT2D eigenvalue weighted by Gasteiger charge is -2.59. The van der Waals surface area contributed by atoms with Crippen LogP contribution in [-0.2, 0) is 19.0 Å². The van der Waals surface area contributed by atoms with E-state index in [9.17, 15) is 24.9 Å². The topological polar surface area (TPSA) is 175 Å². The van der Waals surface area contributed by atoms with Crippen molar-refractivity contribution in [2.24, 2.45) is 22.9 Å². The summed E-state index contributed by atoms with van der Waals surface area (Å²) in [5.41, 5.74) is 2.04. The van der Waals surface area contributed by atoms with Crippen LogP contribution in [-0.4, -0.2) is 122 Å². The van der Waals surface area contributed by atoms with E-state index in [1.165, 1.54) is 7.11 Å². The first-order chi connectivity index (χ1) is 29.5. The smallest absolute Gasteiger partial charge is 0.410 e. The molecular weight excluding hydrogens is 808 g/mol. The van der Waals surface area contributed by atoms with Crippen LogP contribution in [0.15, 0.2) is 65.9 Å². The lowest BCUT2D eigenvalue weighted by atomic mass is 9.55. The molecule has 6 unspecified atom stereocenters. The fourth-order valence-corrected chi connectivity index (χ4v) is 8.90. The van der Waals surface area contributed by atoms with Crippen molar-refractivity contribution in [3.8, 4) is 23.0 Å². The fourth-order valence-electron chi connectivity index (χ4n) is 8.82. The zero-order valence-corrected chi connectivity index (χ0v) is 36.6. The van der Waals surface area contributed by atoms with Gasteiger partial charge in [0.15, 0.2) is 6.29 Å². The Morgan fingerprint density at radius 2 is 1.75 bits per heavy atom. The summed E-state index contributed by atoms with van der Waals surface area (Å²) in [4.78, 5) is 33.9. The van der Waals surface area contributed by atoms with Crippen molar-refractivity contribution in [3.63, 3.8) is 0 Å². The lowest BCUT2D eigenvalue weighted by Crippen LogP contribution is -2.70. The first-order valence-corrected chi connectivity index (χ1v) is 21.8. The van der Waals surface area contributed by atoms with Crippen LogP contribution in [0.1, 0.15) is 87.6 Å². The molecule has 0 radical (unpaired) electrons. The standard InChI is InChI=1S/C46H63ClN2O12/c1-6-22-58-46-41(49(18-24-56-25-21-52)44(54)57-23-17-47)29-38(48-61-45(2,3)4)36-27-31(11-7-9-19-50)35(12-8-10-20-51)42(43(36)46)37-28-34(14-16-40(37)60-46)59-33-13-15-39(55-5)32(26-33)30-53/h6,13-16,26-28,30-31,35,41-43,50-52H,1,7-12,17-25,29H2,2-5H3. The number of benzene rings is 2. The molecule has 1 heterocycles. The van der Waals surface area contributed by atoms with E-state index < -0.39 is 29.4 Å². The summed E-state index contributed by atoms with van der Waals surface area (Å²) in [6, 6.07) is 9.79. The van der Waals surface area contributed by atoms with E-state index in [4.69, 9.17) is 50.0 Å². The second kappa shape index (κ2) is 22.8. The second-order valence-electron chi connectivity index (χ2n) is 16.4. The summed E-state index contributed by atoms with van der Waals surface area (Å²) in [5.74, 6) is -0.440. The quantitative estimate of drug-likeness (QED) is 0.0314. The number of unbranched alkanes of at least 4 members (excludes halogenated alkanes) is 2. The van der Waals surface area contributed by atoms with Crippen LogP contribution in [0, 0.1) is 17.8 Å². The van der Waals surface area contributed by atoms with E-state index in [1.54, 1.807) is 35.2 Å². The van der Waals surface area contributed by atoms with Crippen LogP contribution in [0.3, 0.4) is 0 Å². The van der Waals surface area contributed by atoms with Gasteiger partial charge in [-0.05, 0) is 100 Å². The molecule has 1 aliphatic heterocycles. The molecule has 2 aromatic rings. The number of amides is 1. The number of hydrogen-bond acceptors (Lipinski definition) is 13. The predicted molar refractivity (Wildman–Crippen MR) is 231 cm³/mol. The number of ether oxygens (including phenoxy) is 6. The Labute approximate surface area is 364 Å². The van der Waals surface area contributed by atoms with E-state index in [0.717, 1.165) is 36.8 Å². The third kappa shape index (κ3) is 11.6. The number of rotatable bonds is 24. The van der Waals surface area contributed by atoms with Crippen LogP contribution in [0.2, 0.25) is 0 Å². The van der Waals surface area contributed by atoms with Crippen LogP contribution >= 0.6 is 11.6 Å². The lowest BCUT2D eigenvalue weighted by molar-refractivity contribution is -0.256. The molecule has 61 heavy (non-hydrogen) atoms. The first-order valence-electron chi connectivity index (χ1n) is 21.2. The van der Waals surface area contributed by atoms with Gasteiger partial charge in [-0.3, -0.25) is 9.69 Å². The Bertz CT molecular complexity index is 1830. The Kier molecular flexibility index (Phi) is 17.9. The number of halogens is 1. The van der Waals surface area contributed by atoms with Gasteiger partial charge in [-0.15, -0.1) is 18.2 Å². The minimum Gasteiger partial charge on any atom is -0.496 e. The number of carbonyl (C=O) groups excluding carboxylic acids is 2. The van der Waals surface area contributed by atoms with Gasteiger partial charge in [0.2, 0.25) is 5.79 Å². The summed E-state index contributed by atoms with van der Waals surface area (Å²) < 4.78 is 37.5. The van der Waals surface area contributed by atoms with Crippen molar-refractivity contribution in [1.29, 1.82) is 0 Å². The number of nitrogens with zero attached hydrogens (tertiary/aromatic N) is 2. The van der Waals surface area contributed by atoms with E-state index in [2.05, 4.69) is 12.7 Å². The maximum absolute atomic E-state index is 14.2. The molecule has 1 saturated carbocycles. The number of aliphatic hydroxyl groups excluding tert-OH is 3. The molecular formula is C46H63ClN2O12. The molecule has 2 aliphatic carbocycles. The van der Waals surface area contributed by atoms with Crippen LogP contribution < -0.4 is 14.2 Å². The molecule has 336 valence electrons. The number of methoxy groups -OCH3 is 1. The summed E-state index contributed by atoms with van der Waals surface area (Å²) in [6.07, 6.45) is 8.43. The minimum absolute atomic E-state index is 0.0129. The number of aldehydes is 1. The van der Waals surface area contributed by atoms with Crippen molar-refractivity contribution >= 4 is 29.7 Å². The average Bonchev–Trinajstić information content (AvgIpc) is 3.25. The van der Waals surface area contributed by atoms with Crippen LogP contribution in [0.5, 0.6) is 23.0 Å². The Morgan fingerprint density at radius 1 is 1.02 bits per heavy atom. The number of hydrogen-bond donors (Lipinski definition) is 3. The molecule has 6 atom stereocenters. The second-order valence-corrected chi connectivity index (χ2v) is 16.8. The predicted octanol–water partition coefficient (Wildman–Crippen LogP) is 7.42. The molecule has 0 aromatic heterocycles. The van der Waals surface area contributed by atoms with Crippen molar-refractivity contribution in [1.82, 2.24) is 4.90 Å². The van der Waals surface area contributed by atoms with Crippen LogP contribution in [0.4, 0.5) is 4.79 Å². The van der Waals surface area contributed by atoms with Crippen molar-refractivity contribution < 1.29 is 58.2 Å². The molecule has 0 spiro atoms. The van der Waals surface area contributed by atoms with Crippen LogP contribution in [0.25, 0.3) is 0 Å².